The van der Waals surface area contributed by atoms with Crippen LogP contribution in [0.15, 0.2) is 12.6 Å². The van der Waals surface area contributed by atoms with Gasteiger partial charge in [-0.1, -0.05) is 27.4 Å². The number of amides is 1. The molecular weight excluding hydrogens is 480 g/mol. The van der Waals surface area contributed by atoms with Crippen LogP contribution in [0, 0.1) is 23.7 Å². The van der Waals surface area contributed by atoms with Crippen LogP contribution < -0.4 is 5.73 Å². The number of hydrogen-bond acceptors (Lipinski definition) is 9. The average Bonchev–Trinajstić information content (AvgIpc) is 2.74. The maximum Gasteiger partial charge on any atom is 0.235 e. The number of Topliss-reactive ketones (excluding diaryl/α,β-unsaturated/α-hetero) is 4. The van der Waals surface area contributed by atoms with E-state index in [1.807, 2.05) is 0 Å². The van der Waals surface area contributed by atoms with E-state index in [4.69, 9.17) is 5.73 Å². The fourth-order valence-electron chi connectivity index (χ4n) is 6.50. The monoisotopic (exact) mass is 512 g/mol. The molecule has 0 spiro atoms. The number of hydrogen-bond donors (Lipinski definition) is 4. The zero-order valence-electron chi connectivity index (χ0n) is 21.5. The second kappa shape index (κ2) is 8.32. The third-order valence-corrected chi connectivity index (χ3v) is 8.18. The van der Waals surface area contributed by atoms with E-state index in [1.54, 1.807) is 26.8 Å². The molecule has 6 atom stereocenters. The van der Waals surface area contributed by atoms with Gasteiger partial charge in [-0.3, -0.25) is 28.9 Å². The lowest BCUT2D eigenvalue weighted by Crippen LogP contribution is -2.74. The lowest BCUT2D eigenvalue weighted by Gasteiger charge is -2.52. The number of aliphatic hydroxyl groups is 2. The number of aromatic hydroxyl groups is 1. The van der Waals surface area contributed by atoms with Crippen LogP contribution in [0.2, 0.25) is 0 Å². The van der Waals surface area contributed by atoms with Gasteiger partial charge >= 0.3 is 0 Å². The number of likely N-dealkylation sites (N-methyl/N-ethyl adjacent to an activating group) is 1. The van der Waals surface area contributed by atoms with Gasteiger partial charge < -0.3 is 21.1 Å². The molecular formula is C27H32N2O8. The molecule has 10 heteroatoms. The van der Waals surface area contributed by atoms with Crippen LogP contribution in [0.4, 0.5) is 0 Å². The molecule has 3 aliphatic carbocycles. The largest absolute Gasteiger partial charge is 0.508 e. The Morgan fingerprint density at radius 2 is 1.76 bits per heavy atom. The first-order chi connectivity index (χ1) is 17.0. The Bertz CT molecular complexity index is 1290. The summed E-state index contributed by atoms with van der Waals surface area (Å²) in [5.41, 5.74) is 2.66. The van der Waals surface area contributed by atoms with Gasteiger partial charge in [-0.2, -0.15) is 0 Å². The van der Waals surface area contributed by atoms with Crippen LogP contribution in [0.1, 0.15) is 54.2 Å². The molecule has 37 heavy (non-hydrogen) atoms. The Balaban J connectivity index is 1.94. The van der Waals surface area contributed by atoms with E-state index in [9.17, 15) is 39.3 Å². The van der Waals surface area contributed by atoms with E-state index >= 15 is 0 Å². The molecule has 1 amide bonds. The Hall–Kier alpha value is -3.37. The van der Waals surface area contributed by atoms with Crippen molar-refractivity contribution in [1.29, 1.82) is 0 Å². The molecule has 0 heterocycles. The zero-order chi connectivity index (χ0) is 27.9. The molecule has 2 saturated carbocycles. The highest BCUT2D eigenvalue weighted by molar-refractivity contribution is 6.32. The SMILES string of the molecule is C=C(O)c1cc(C(C)(C)C)c(O)c2c1C[C@H]1C[C@H]3[C@H](N(C)C)C(=O)C(C(N)=O)C(=O)[C@@]3(O)C(=O)C1C2=O. The van der Waals surface area contributed by atoms with Crippen molar-refractivity contribution in [2.24, 2.45) is 29.4 Å². The normalized spacial score (nSPS) is 31.6. The van der Waals surface area contributed by atoms with Crippen molar-refractivity contribution in [2.45, 2.75) is 50.7 Å². The minimum atomic E-state index is -2.78. The molecule has 0 saturated heterocycles. The van der Waals surface area contributed by atoms with Gasteiger partial charge in [0.25, 0.3) is 0 Å². The summed E-state index contributed by atoms with van der Waals surface area (Å²) in [7, 11) is 3.04. The first-order valence-electron chi connectivity index (χ1n) is 12.1. The summed E-state index contributed by atoms with van der Waals surface area (Å²) >= 11 is 0. The van der Waals surface area contributed by atoms with Crippen molar-refractivity contribution in [3.05, 3.63) is 34.9 Å². The van der Waals surface area contributed by atoms with Gasteiger partial charge in [-0.05, 0) is 49.9 Å². The first kappa shape index (κ1) is 26.7. The predicted octanol–water partition coefficient (Wildman–Crippen LogP) is 0.693. The van der Waals surface area contributed by atoms with Gasteiger partial charge in [0, 0.05) is 17.0 Å². The second-order valence-corrected chi connectivity index (χ2v) is 11.7. The molecule has 0 aliphatic heterocycles. The standard InChI is InChI=1S/C27H32N2O8/c1-10(30)12-9-15(26(2,3)4)20(31)17-13(12)7-11-8-14-19(29(5)6)22(33)18(25(28)36)24(35)27(14,37)23(34)16(11)21(17)32/h9,11,14,16,18-19,30-31,37H,1,7-8H2,2-6H3,(H2,28,36)/t11-,14-,16?,18?,19-,27-/m0/s1. The smallest absolute Gasteiger partial charge is 0.235 e. The number of primary amides is 1. The summed E-state index contributed by atoms with van der Waals surface area (Å²) in [5.74, 6) is -11.4. The highest BCUT2D eigenvalue weighted by atomic mass is 16.3. The number of rotatable bonds is 3. The molecule has 2 unspecified atom stereocenters. The van der Waals surface area contributed by atoms with Crippen LogP contribution in [-0.2, 0) is 31.0 Å². The van der Waals surface area contributed by atoms with Gasteiger partial charge in [0.15, 0.2) is 34.7 Å². The van der Waals surface area contributed by atoms with Crippen LogP contribution in [0.3, 0.4) is 0 Å². The highest BCUT2D eigenvalue weighted by Gasteiger charge is 2.69. The molecule has 5 N–H and O–H groups in total. The zero-order valence-corrected chi connectivity index (χ0v) is 21.5. The summed E-state index contributed by atoms with van der Waals surface area (Å²) in [6.07, 6.45) is -0.0121. The number of carbonyl (C=O) groups excluding carboxylic acids is 5. The fraction of sp³-hybridized carbons (Fsp3) is 0.519. The van der Waals surface area contributed by atoms with Crippen molar-refractivity contribution in [3.8, 4) is 5.75 Å². The summed E-state index contributed by atoms with van der Waals surface area (Å²) < 4.78 is 0. The maximum absolute atomic E-state index is 13.9. The van der Waals surface area contributed by atoms with E-state index in [-0.39, 0.29) is 35.5 Å². The third kappa shape index (κ3) is 3.57. The number of fused-ring (bicyclic) bond motifs is 3. The summed E-state index contributed by atoms with van der Waals surface area (Å²) in [6.45, 7) is 9.01. The van der Waals surface area contributed by atoms with E-state index in [0.717, 1.165) is 0 Å². The molecule has 4 rings (SSSR count). The van der Waals surface area contributed by atoms with Gasteiger partial charge in [0.2, 0.25) is 5.91 Å². The van der Waals surface area contributed by atoms with E-state index < -0.39 is 69.8 Å². The summed E-state index contributed by atoms with van der Waals surface area (Å²) in [4.78, 5) is 67.7. The molecule has 198 valence electrons. The third-order valence-electron chi connectivity index (χ3n) is 8.18. The number of nitrogens with zero attached hydrogens (tertiary/aromatic N) is 1. The van der Waals surface area contributed by atoms with Gasteiger partial charge in [0.05, 0.1) is 17.5 Å². The molecule has 1 aromatic rings. The highest BCUT2D eigenvalue weighted by Crippen LogP contribution is 2.52. The molecule has 1 aromatic carbocycles. The van der Waals surface area contributed by atoms with Gasteiger partial charge in [0.1, 0.15) is 11.5 Å². The Labute approximate surface area is 214 Å². The molecule has 0 aromatic heterocycles. The van der Waals surface area contributed by atoms with E-state index in [0.29, 0.717) is 11.1 Å². The van der Waals surface area contributed by atoms with Crippen LogP contribution in [-0.4, -0.2) is 75.0 Å². The van der Waals surface area contributed by atoms with Gasteiger partial charge in [-0.25, -0.2) is 0 Å². The number of benzene rings is 1. The van der Waals surface area contributed by atoms with Crippen LogP contribution in [0.5, 0.6) is 5.75 Å². The van der Waals surface area contributed by atoms with Gasteiger partial charge in [-0.15, -0.1) is 0 Å². The quantitative estimate of drug-likeness (QED) is 0.335. The van der Waals surface area contributed by atoms with Crippen LogP contribution in [0.25, 0.3) is 5.76 Å². The minimum absolute atomic E-state index is 0.0543. The molecule has 2 fully saturated rings. The predicted molar refractivity (Wildman–Crippen MR) is 132 cm³/mol. The maximum atomic E-state index is 13.9. The molecule has 10 nitrogen and oxygen atoms in total. The topological polar surface area (TPSA) is 175 Å². The minimum Gasteiger partial charge on any atom is -0.508 e. The van der Waals surface area contributed by atoms with Crippen molar-refractivity contribution in [1.82, 2.24) is 4.90 Å². The number of phenolic OH excluding ortho intramolecular Hbond substituents is 1. The van der Waals surface area contributed by atoms with Crippen LogP contribution >= 0.6 is 0 Å². The number of carbonyl (C=O) groups is 5. The first-order valence-corrected chi connectivity index (χ1v) is 12.1. The molecule has 0 bridgehead atoms. The summed E-state index contributed by atoms with van der Waals surface area (Å²) in [5, 5.41) is 33.1. The number of aliphatic hydroxyl groups excluding tert-OH is 1. The summed E-state index contributed by atoms with van der Waals surface area (Å²) in [6, 6.07) is 0.393. The Morgan fingerprint density at radius 3 is 2.24 bits per heavy atom. The average molecular weight is 513 g/mol. The van der Waals surface area contributed by atoms with Crippen molar-refractivity contribution < 1.29 is 39.3 Å². The number of nitrogens with two attached hydrogens (primary N) is 1. The second-order valence-electron chi connectivity index (χ2n) is 11.7. The lowest BCUT2D eigenvalue weighted by atomic mass is 9.52. The van der Waals surface area contributed by atoms with Crippen molar-refractivity contribution >= 4 is 34.8 Å². The van der Waals surface area contributed by atoms with Crippen molar-refractivity contribution in [3.63, 3.8) is 0 Å². The fourth-order valence-corrected chi connectivity index (χ4v) is 6.50. The number of ketones is 4. The van der Waals surface area contributed by atoms with Crippen molar-refractivity contribution in [2.75, 3.05) is 14.1 Å². The lowest BCUT2D eigenvalue weighted by molar-refractivity contribution is -0.181. The number of phenols is 1. The molecule has 0 radical (unpaired) electrons. The van der Waals surface area contributed by atoms with E-state index in [1.165, 1.54) is 19.0 Å². The Morgan fingerprint density at radius 1 is 1.16 bits per heavy atom. The molecule has 3 aliphatic rings. The Kier molecular flexibility index (Phi) is 6.00. The van der Waals surface area contributed by atoms with E-state index in [2.05, 4.69) is 6.58 Å².